The van der Waals surface area contributed by atoms with E-state index in [1.54, 1.807) is 0 Å². The maximum absolute atomic E-state index is 2.44. The molecule has 0 heterocycles. The number of hydrogen-bond acceptors (Lipinski definition) is 0. The smallest absolute Gasteiger partial charge is 0.0305 e. The molecule has 1 heteroatoms. The molecule has 0 aromatic heterocycles. The molecule has 0 N–H and O–H groups in total. The fourth-order valence-corrected chi connectivity index (χ4v) is 3.58. The minimum absolute atomic E-state index is 0.347. The standard InChI is InChI=1S/C10H23P/c1-9(2)6-7-11(5)8-10(3)4/h9-10H,6-8H2,1-5H3. The molecular weight excluding hydrogens is 151 g/mol. The fourth-order valence-electron chi connectivity index (χ4n) is 1.19. The first-order chi connectivity index (χ1) is 5.02. The van der Waals surface area contributed by atoms with Gasteiger partial charge in [0.1, 0.15) is 0 Å². The van der Waals surface area contributed by atoms with Gasteiger partial charge in [-0.25, -0.2) is 0 Å². The lowest BCUT2D eigenvalue weighted by Crippen LogP contribution is -1.98. The Morgan fingerprint density at radius 2 is 1.55 bits per heavy atom. The van der Waals surface area contributed by atoms with Gasteiger partial charge in [0.2, 0.25) is 0 Å². The Balaban J connectivity index is 3.29. The molecule has 0 amide bonds. The van der Waals surface area contributed by atoms with Crippen LogP contribution in [0, 0.1) is 11.8 Å². The van der Waals surface area contributed by atoms with E-state index >= 15 is 0 Å². The molecule has 0 saturated heterocycles. The van der Waals surface area contributed by atoms with Crippen LogP contribution in [-0.2, 0) is 0 Å². The van der Waals surface area contributed by atoms with Crippen LogP contribution in [0.2, 0.25) is 0 Å². The second-order valence-electron chi connectivity index (χ2n) is 4.34. The number of rotatable bonds is 5. The average molecular weight is 174 g/mol. The van der Waals surface area contributed by atoms with Crippen LogP contribution in [0.1, 0.15) is 34.1 Å². The van der Waals surface area contributed by atoms with E-state index in [1.807, 2.05) is 0 Å². The molecule has 0 fully saturated rings. The maximum atomic E-state index is 2.44. The van der Waals surface area contributed by atoms with Gasteiger partial charge in [0.05, 0.1) is 0 Å². The van der Waals surface area contributed by atoms with Crippen molar-refractivity contribution in [3.63, 3.8) is 0 Å². The molecule has 1 unspecified atom stereocenters. The third kappa shape index (κ3) is 8.34. The van der Waals surface area contributed by atoms with Crippen LogP contribution in [0.4, 0.5) is 0 Å². The monoisotopic (exact) mass is 174 g/mol. The zero-order chi connectivity index (χ0) is 8.85. The number of hydrogen-bond donors (Lipinski definition) is 0. The van der Waals surface area contributed by atoms with Crippen molar-refractivity contribution in [2.45, 2.75) is 34.1 Å². The summed E-state index contributed by atoms with van der Waals surface area (Å²) in [7, 11) is 0.347. The third-order valence-electron chi connectivity index (χ3n) is 1.76. The average Bonchev–Trinajstić information content (AvgIpc) is 1.82. The second-order valence-corrected chi connectivity index (χ2v) is 6.86. The van der Waals surface area contributed by atoms with Gasteiger partial charge >= 0.3 is 0 Å². The molecule has 0 radical (unpaired) electrons. The lowest BCUT2D eigenvalue weighted by molar-refractivity contribution is 0.628. The molecule has 0 rings (SSSR count). The van der Waals surface area contributed by atoms with Gasteiger partial charge in [-0.3, -0.25) is 0 Å². The highest BCUT2D eigenvalue weighted by Gasteiger charge is 2.04. The van der Waals surface area contributed by atoms with E-state index in [-0.39, 0.29) is 0 Å². The van der Waals surface area contributed by atoms with Crippen LogP contribution in [0.3, 0.4) is 0 Å². The van der Waals surface area contributed by atoms with Crippen molar-refractivity contribution in [3.8, 4) is 0 Å². The Morgan fingerprint density at radius 3 is 1.91 bits per heavy atom. The summed E-state index contributed by atoms with van der Waals surface area (Å²) in [5, 5.41) is 0. The molecule has 1 atom stereocenters. The lowest BCUT2D eigenvalue weighted by Gasteiger charge is -2.15. The van der Waals surface area contributed by atoms with E-state index in [0.717, 1.165) is 11.8 Å². The summed E-state index contributed by atoms with van der Waals surface area (Å²) in [4.78, 5) is 0. The first-order valence-corrected chi connectivity index (χ1v) is 6.86. The normalized spacial score (nSPS) is 14.5. The van der Waals surface area contributed by atoms with Gasteiger partial charge in [-0.05, 0) is 37.2 Å². The van der Waals surface area contributed by atoms with Gasteiger partial charge in [0, 0.05) is 0 Å². The van der Waals surface area contributed by atoms with Gasteiger partial charge in [-0.2, -0.15) is 0 Å². The minimum atomic E-state index is 0.347. The zero-order valence-corrected chi connectivity index (χ0v) is 9.62. The summed E-state index contributed by atoms with van der Waals surface area (Å²) < 4.78 is 0. The molecule has 11 heavy (non-hydrogen) atoms. The highest BCUT2D eigenvalue weighted by molar-refractivity contribution is 7.56. The highest BCUT2D eigenvalue weighted by atomic mass is 31.1. The minimum Gasteiger partial charge on any atom is -0.110 e. The Kier molecular flexibility index (Phi) is 6.24. The molecule has 0 aromatic carbocycles. The van der Waals surface area contributed by atoms with Crippen LogP contribution in [0.15, 0.2) is 0 Å². The second kappa shape index (κ2) is 6.00. The summed E-state index contributed by atoms with van der Waals surface area (Å²) in [6.45, 7) is 11.7. The van der Waals surface area contributed by atoms with Gasteiger partial charge < -0.3 is 0 Å². The molecule has 0 aliphatic carbocycles. The van der Waals surface area contributed by atoms with Crippen LogP contribution in [-0.4, -0.2) is 19.0 Å². The van der Waals surface area contributed by atoms with Crippen LogP contribution >= 0.6 is 7.92 Å². The SMILES string of the molecule is CC(C)CCP(C)CC(C)C. The van der Waals surface area contributed by atoms with Crippen molar-refractivity contribution in [3.05, 3.63) is 0 Å². The molecular formula is C10H23P. The summed E-state index contributed by atoms with van der Waals surface area (Å²) >= 11 is 0. The first kappa shape index (κ1) is 11.4. The van der Waals surface area contributed by atoms with Crippen molar-refractivity contribution < 1.29 is 0 Å². The van der Waals surface area contributed by atoms with Gasteiger partial charge in [0.25, 0.3) is 0 Å². The van der Waals surface area contributed by atoms with Crippen molar-refractivity contribution in [2.24, 2.45) is 11.8 Å². The van der Waals surface area contributed by atoms with Crippen molar-refractivity contribution >= 4 is 7.92 Å². The lowest BCUT2D eigenvalue weighted by atomic mass is 10.2. The molecule has 0 nitrogen and oxygen atoms in total. The van der Waals surface area contributed by atoms with Crippen molar-refractivity contribution in [2.75, 3.05) is 19.0 Å². The summed E-state index contributed by atoms with van der Waals surface area (Å²) in [6.07, 6.45) is 4.36. The van der Waals surface area contributed by atoms with E-state index in [2.05, 4.69) is 34.4 Å². The van der Waals surface area contributed by atoms with Gasteiger partial charge in [0.15, 0.2) is 0 Å². The largest absolute Gasteiger partial charge is 0.110 e. The Labute approximate surface area is 73.5 Å². The topological polar surface area (TPSA) is 0 Å². The maximum Gasteiger partial charge on any atom is -0.0305 e. The molecule has 0 bridgehead atoms. The molecule has 0 aromatic rings. The van der Waals surface area contributed by atoms with Crippen LogP contribution < -0.4 is 0 Å². The molecule has 0 saturated carbocycles. The van der Waals surface area contributed by atoms with Gasteiger partial charge in [-0.1, -0.05) is 27.7 Å². The Bertz CT molecular complexity index is 86.9. The Morgan fingerprint density at radius 1 is 1.00 bits per heavy atom. The van der Waals surface area contributed by atoms with Crippen LogP contribution in [0.5, 0.6) is 0 Å². The fraction of sp³-hybridized carbons (Fsp3) is 1.00. The molecule has 68 valence electrons. The third-order valence-corrected chi connectivity index (χ3v) is 4.14. The van der Waals surface area contributed by atoms with E-state index < -0.39 is 0 Å². The predicted molar refractivity (Wildman–Crippen MR) is 56.9 cm³/mol. The van der Waals surface area contributed by atoms with Gasteiger partial charge in [-0.15, -0.1) is 7.92 Å². The predicted octanol–water partition coefficient (Wildman–Crippen LogP) is 3.80. The van der Waals surface area contributed by atoms with E-state index in [9.17, 15) is 0 Å². The summed E-state index contributed by atoms with van der Waals surface area (Å²) in [6, 6.07) is 0. The first-order valence-electron chi connectivity index (χ1n) is 4.71. The van der Waals surface area contributed by atoms with E-state index in [1.165, 1.54) is 18.7 Å². The highest BCUT2D eigenvalue weighted by Crippen LogP contribution is 2.34. The van der Waals surface area contributed by atoms with Crippen LogP contribution in [0.25, 0.3) is 0 Å². The molecule has 0 spiro atoms. The Hall–Kier alpha value is 0.430. The summed E-state index contributed by atoms with van der Waals surface area (Å²) in [5.41, 5.74) is 0. The summed E-state index contributed by atoms with van der Waals surface area (Å²) in [5.74, 6) is 1.80. The van der Waals surface area contributed by atoms with E-state index in [0.29, 0.717) is 7.92 Å². The van der Waals surface area contributed by atoms with E-state index in [4.69, 9.17) is 0 Å². The van der Waals surface area contributed by atoms with Crippen molar-refractivity contribution in [1.29, 1.82) is 0 Å². The quantitative estimate of drug-likeness (QED) is 0.556. The van der Waals surface area contributed by atoms with Crippen molar-refractivity contribution in [1.82, 2.24) is 0 Å². The zero-order valence-electron chi connectivity index (χ0n) is 8.72. The molecule has 0 aliphatic rings. The molecule has 0 aliphatic heterocycles.